The number of hydrogen-bond acceptors (Lipinski definition) is 3. The molecule has 2 aromatic rings. The maximum Gasteiger partial charge on any atom is 0.226 e. The zero-order chi connectivity index (χ0) is 14.5. The molecule has 4 nitrogen and oxygen atoms in total. The van der Waals surface area contributed by atoms with Crippen LogP contribution in [-0.2, 0) is 11.2 Å². The van der Waals surface area contributed by atoms with Crippen molar-refractivity contribution in [3.63, 3.8) is 0 Å². The molecule has 3 N–H and O–H groups in total. The van der Waals surface area contributed by atoms with E-state index in [2.05, 4.69) is 26.2 Å². The Bertz CT molecular complexity index is 598. The lowest BCUT2D eigenvalue weighted by Crippen LogP contribution is -2.28. The number of anilines is 1. The molecule has 5 heteroatoms. The largest absolute Gasteiger partial charge is 0.397 e. The second kappa shape index (κ2) is 6.52. The van der Waals surface area contributed by atoms with Crippen LogP contribution in [0.5, 0.6) is 0 Å². The van der Waals surface area contributed by atoms with Gasteiger partial charge in [-0.3, -0.25) is 9.78 Å². The van der Waals surface area contributed by atoms with Crippen molar-refractivity contribution in [1.29, 1.82) is 0 Å². The average molecular weight is 334 g/mol. The fraction of sp³-hybridized carbons (Fsp3) is 0.200. The van der Waals surface area contributed by atoms with Crippen molar-refractivity contribution in [2.45, 2.75) is 19.4 Å². The number of hydrogen-bond donors (Lipinski definition) is 2. The average Bonchev–Trinajstić information content (AvgIpc) is 2.41. The van der Waals surface area contributed by atoms with Gasteiger partial charge in [0.1, 0.15) is 0 Å². The monoisotopic (exact) mass is 333 g/mol. The fourth-order valence-electron chi connectivity index (χ4n) is 1.90. The first-order chi connectivity index (χ1) is 9.56. The smallest absolute Gasteiger partial charge is 0.226 e. The minimum Gasteiger partial charge on any atom is -0.397 e. The highest BCUT2D eigenvalue weighted by Crippen LogP contribution is 2.22. The van der Waals surface area contributed by atoms with Crippen LogP contribution >= 0.6 is 15.9 Å². The number of nitrogen functional groups attached to an aromatic ring is 1. The van der Waals surface area contributed by atoms with Crippen molar-refractivity contribution in [3.05, 3.63) is 58.3 Å². The van der Waals surface area contributed by atoms with Crippen LogP contribution in [0.15, 0.2) is 47.1 Å². The van der Waals surface area contributed by atoms with E-state index in [0.29, 0.717) is 11.4 Å². The van der Waals surface area contributed by atoms with E-state index < -0.39 is 0 Å². The van der Waals surface area contributed by atoms with Crippen molar-refractivity contribution in [2.24, 2.45) is 0 Å². The van der Waals surface area contributed by atoms with Crippen LogP contribution in [0.1, 0.15) is 24.2 Å². The Hall–Kier alpha value is -1.88. The highest BCUT2D eigenvalue weighted by atomic mass is 79.9. The summed E-state index contributed by atoms with van der Waals surface area (Å²) in [7, 11) is 0. The lowest BCUT2D eigenvalue weighted by Gasteiger charge is -2.15. The summed E-state index contributed by atoms with van der Waals surface area (Å²) < 4.78 is 0.985. The van der Waals surface area contributed by atoms with E-state index in [0.717, 1.165) is 10.0 Å². The SMILES string of the molecule is C[C@@H](NC(=O)Cc1ccc(N)cn1)c1ccccc1Br. The van der Waals surface area contributed by atoms with Crippen LogP contribution in [0.25, 0.3) is 0 Å². The van der Waals surface area contributed by atoms with Gasteiger partial charge in [0.15, 0.2) is 0 Å². The zero-order valence-electron chi connectivity index (χ0n) is 11.1. The predicted octanol–water partition coefficient (Wildman–Crippen LogP) is 2.85. The molecule has 20 heavy (non-hydrogen) atoms. The summed E-state index contributed by atoms with van der Waals surface area (Å²) in [5.74, 6) is -0.0643. The van der Waals surface area contributed by atoms with Gasteiger partial charge in [-0.25, -0.2) is 0 Å². The third-order valence-electron chi connectivity index (χ3n) is 2.94. The highest BCUT2D eigenvalue weighted by Gasteiger charge is 2.12. The molecule has 0 aliphatic rings. The number of benzene rings is 1. The van der Waals surface area contributed by atoms with E-state index in [1.807, 2.05) is 31.2 Å². The number of carbonyl (C=O) groups is 1. The first-order valence-corrected chi connectivity index (χ1v) is 7.10. The van der Waals surface area contributed by atoms with E-state index in [1.54, 1.807) is 18.3 Å². The molecule has 0 aliphatic heterocycles. The summed E-state index contributed by atoms with van der Waals surface area (Å²) in [6.07, 6.45) is 1.80. The molecule has 1 heterocycles. The highest BCUT2D eigenvalue weighted by molar-refractivity contribution is 9.10. The molecule has 0 radical (unpaired) electrons. The molecular weight excluding hydrogens is 318 g/mol. The number of amides is 1. The van der Waals surface area contributed by atoms with E-state index in [1.165, 1.54) is 0 Å². The Morgan fingerprint density at radius 3 is 2.75 bits per heavy atom. The number of carbonyl (C=O) groups excluding carboxylic acids is 1. The molecule has 104 valence electrons. The lowest BCUT2D eigenvalue weighted by atomic mass is 10.1. The third kappa shape index (κ3) is 3.81. The van der Waals surface area contributed by atoms with Crippen molar-refractivity contribution in [3.8, 4) is 0 Å². The minimum atomic E-state index is -0.0643. The Morgan fingerprint density at radius 1 is 1.35 bits per heavy atom. The second-order valence-corrected chi connectivity index (χ2v) is 5.42. The maximum absolute atomic E-state index is 12.0. The molecule has 0 unspecified atom stereocenters. The fourth-order valence-corrected chi connectivity index (χ4v) is 2.53. The first kappa shape index (κ1) is 14.5. The summed E-state index contributed by atoms with van der Waals surface area (Å²) in [4.78, 5) is 16.1. The second-order valence-electron chi connectivity index (χ2n) is 4.57. The van der Waals surface area contributed by atoms with Gasteiger partial charge < -0.3 is 11.1 Å². The number of rotatable bonds is 4. The normalized spacial score (nSPS) is 11.9. The molecule has 0 aliphatic carbocycles. The van der Waals surface area contributed by atoms with Crippen molar-refractivity contribution in [1.82, 2.24) is 10.3 Å². The molecule has 0 saturated carbocycles. The van der Waals surface area contributed by atoms with E-state index in [9.17, 15) is 4.79 Å². The Morgan fingerprint density at radius 2 is 2.10 bits per heavy atom. The van der Waals surface area contributed by atoms with E-state index in [4.69, 9.17) is 5.73 Å². The van der Waals surface area contributed by atoms with Crippen molar-refractivity contribution in [2.75, 3.05) is 5.73 Å². The number of nitrogens with two attached hydrogens (primary N) is 1. The molecular formula is C15H16BrN3O. The van der Waals surface area contributed by atoms with Gasteiger partial charge in [-0.2, -0.15) is 0 Å². The van der Waals surface area contributed by atoms with Crippen LogP contribution in [-0.4, -0.2) is 10.9 Å². The van der Waals surface area contributed by atoms with Crippen LogP contribution < -0.4 is 11.1 Å². The number of aromatic nitrogens is 1. The van der Waals surface area contributed by atoms with Gasteiger partial charge in [-0.05, 0) is 30.7 Å². The molecule has 2 rings (SSSR count). The molecule has 0 fully saturated rings. The number of nitrogens with zero attached hydrogens (tertiary/aromatic N) is 1. The molecule has 1 atom stereocenters. The van der Waals surface area contributed by atoms with Gasteiger partial charge in [0.25, 0.3) is 0 Å². The van der Waals surface area contributed by atoms with E-state index >= 15 is 0 Å². The third-order valence-corrected chi connectivity index (χ3v) is 3.66. The Kier molecular flexibility index (Phi) is 4.74. The molecule has 0 bridgehead atoms. The van der Waals surface area contributed by atoms with Crippen molar-refractivity contribution >= 4 is 27.5 Å². The van der Waals surface area contributed by atoms with Crippen LogP contribution in [0.2, 0.25) is 0 Å². The number of nitrogens with one attached hydrogen (secondary N) is 1. The lowest BCUT2D eigenvalue weighted by molar-refractivity contribution is -0.121. The standard InChI is InChI=1S/C15H16BrN3O/c1-10(13-4-2-3-5-14(13)16)19-15(20)8-12-7-6-11(17)9-18-12/h2-7,9-10H,8,17H2,1H3,(H,19,20)/t10-/m1/s1. The van der Waals surface area contributed by atoms with Crippen LogP contribution in [0.4, 0.5) is 5.69 Å². The van der Waals surface area contributed by atoms with Gasteiger partial charge in [0.05, 0.1) is 24.3 Å². The van der Waals surface area contributed by atoms with Crippen molar-refractivity contribution < 1.29 is 4.79 Å². The zero-order valence-corrected chi connectivity index (χ0v) is 12.7. The molecule has 1 aromatic carbocycles. The minimum absolute atomic E-state index is 0.0631. The first-order valence-electron chi connectivity index (χ1n) is 6.30. The Balaban J connectivity index is 1.98. The van der Waals surface area contributed by atoms with Gasteiger partial charge in [-0.15, -0.1) is 0 Å². The summed E-state index contributed by atoms with van der Waals surface area (Å²) in [6, 6.07) is 11.3. The topological polar surface area (TPSA) is 68.0 Å². The molecule has 1 aromatic heterocycles. The van der Waals surface area contributed by atoms with Gasteiger partial charge in [-0.1, -0.05) is 34.1 Å². The Labute approximate surface area is 126 Å². The number of halogens is 1. The molecule has 0 spiro atoms. The molecule has 1 amide bonds. The molecule has 0 saturated heterocycles. The van der Waals surface area contributed by atoms with Gasteiger partial charge in [0.2, 0.25) is 5.91 Å². The predicted molar refractivity (Wildman–Crippen MR) is 83.1 cm³/mol. The summed E-state index contributed by atoms with van der Waals surface area (Å²) in [5.41, 5.74) is 7.91. The summed E-state index contributed by atoms with van der Waals surface area (Å²) in [6.45, 7) is 1.95. The quantitative estimate of drug-likeness (QED) is 0.903. The van der Waals surface area contributed by atoms with Gasteiger partial charge >= 0.3 is 0 Å². The van der Waals surface area contributed by atoms with E-state index in [-0.39, 0.29) is 18.4 Å². The van der Waals surface area contributed by atoms with Crippen LogP contribution in [0.3, 0.4) is 0 Å². The number of pyridine rings is 1. The summed E-state index contributed by atoms with van der Waals surface area (Å²) >= 11 is 3.48. The van der Waals surface area contributed by atoms with Gasteiger partial charge in [0, 0.05) is 10.2 Å². The summed E-state index contributed by atoms with van der Waals surface area (Å²) in [5, 5.41) is 2.96. The maximum atomic E-state index is 12.0. The van der Waals surface area contributed by atoms with Crippen LogP contribution in [0, 0.1) is 0 Å².